The second kappa shape index (κ2) is 6.74. The molecule has 1 amide bonds. The Balaban J connectivity index is 1.68. The van der Waals surface area contributed by atoms with Crippen LogP contribution < -0.4 is 0 Å². The Morgan fingerprint density at radius 2 is 2.29 bits per heavy atom. The summed E-state index contributed by atoms with van der Waals surface area (Å²) in [4.78, 5) is 29.4. The summed E-state index contributed by atoms with van der Waals surface area (Å²) in [6, 6.07) is 1.44. The van der Waals surface area contributed by atoms with Crippen molar-refractivity contribution >= 4 is 23.2 Å². The lowest BCUT2D eigenvalue weighted by Crippen LogP contribution is -2.26. The van der Waals surface area contributed by atoms with E-state index in [2.05, 4.69) is 4.98 Å². The minimum atomic E-state index is -1.04. The third kappa shape index (κ3) is 3.34. The first-order chi connectivity index (χ1) is 11.5. The number of carboxylic acids is 1. The maximum Gasteiger partial charge on any atom is 0.339 e. The number of hydrogen-bond acceptors (Lipinski definition) is 6. The molecule has 0 aromatic carbocycles. The van der Waals surface area contributed by atoms with Crippen molar-refractivity contribution in [1.82, 2.24) is 9.88 Å². The van der Waals surface area contributed by atoms with Gasteiger partial charge in [-0.3, -0.25) is 4.79 Å². The van der Waals surface area contributed by atoms with Gasteiger partial charge in [-0.1, -0.05) is 0 Å². The molecule has 3 rings (SSSR count). The zero-order chi connectivity index (χ0) is 17.3. The number of carbonyl (C=O) groups is 2. The Bertz CT molecular complexity index is 760. The van der Waals surface area contributed by atoms with Gasteiger partial charge in [0.1, 0.15) is 33.9 Å². The zero-order valence-corrected chi connectivity index (χ0v) is 14.3. The number of hydrogen-bond donors (Lipinski definition) is 1. The molecule has 2 aromatic heterocycles. The van der Waals surface area contributed by atoms with Gasteiger partial charge in [-0.15, -0.1) is 11.3 Å². The number of carbonyl (C=O) groups excluding carboxylic acids is 1. The summed E-state index contributed by atoms with van der Waals surface area (Å²) < 4.78 is 11.0. The van der Waals surface area contributed by atoms with Crippen molar-refractivity contribution in [3.05, 3.63) is 39.2 Å². The number of aromatic nitrogens is 1. The summed E-state index contributed by atoms with van der Waals surface area (Å²) in [6.07, 6.45) is 1.94. The molecule has 3 heterocycles. The van der Waals surface area contributed by atoms with E-state index in [0.717, 1.165) is 24.5 Å². The van der Waals surface area contributed by atoms with Gasteiger partial charge in [0.15, 0.2) is 0 Å². The minimum Gasteiger partial charge on any atom is -0.478 e. The first kappa shape index (κ1) is 16.7. The highest BCUT2D eigenvalue weighted by Crippen LogP contribution is 2.30. The standard InChI is InChI=1S/C16H18N2O5S/c1-9-11(16(20)21)6-10(23-9)7-18(2)15(19)12-8-24-14(17-12)13-4-3-5-22-13/h6,8,13H,3-5,7H2,1-2H3,(H,20,21). The second-order valence-electron chi connectivity index (χ2n) is 5.72. The van der Waals surface area contributed by atoms with Crippen molar-refractivity contribution in [3.8, 4) is 0 Å². The van der Waals surface area contributed by atoms with E-state index in [1.165, 1.54) is 22.3 Å². The Labute approximate surface area is 142 Å². The molecule has 2 aromatic rings. The summed E-state index contributed by atoms with van der Waals surface area (Å²) in [6.45, 7) is 2.50. The van der Waals surface area contributed by atoms with E-state index in [0.29, 0.717) is 17.2 Å². The molecule has 8 heteroatoms. The molecular formula is C16H18N2O5S. The molecule has 0 bridgehead atoms. The molecule has 1 atom stereocenters. The van der Waals surface area contributed by atoms with Crippen molar-refractivity contribution in [1.29, 1.82) is 0 Å². The van der Waals surface area contributed by atoms with E-state index in [9.17, 15) is 9.59 Å². The van der Waals surface area contributed by atoms with Crippen LogP contribution in [0.3, 0.4) is 0 Å². The Morgan fingerprint density at radius 3 is 2.92 bits per heavy atom. The largest absolute Gasteiger partial charge is 0.478 e. The van der Waals surface area contributed by atoms with Crippen LogP contribution in [0.2, 0.25) is 0 Å². The SMILES string of the molecule is Cc1oc(CN(C)C(=O)c2csc(C3CCCO3)n2)cc1C(=O)O. The van der Waals surface area contributed by atoms with E-state index in [-0.39, 0.29) is 24.1 Å². The normalized spacial score (nSPS) is 17.2. The maximum atomic E-state index is 12.5. The van der Waals surface area contributed by atoms with E-state index < -0.39 is 5.97 Å². The average molecular weight is 350 g/mol. The molecule has 0 radical (unpaired) electrons. The van der Waals surface area contributed by atoms with Crippen LogP contribution in [0, 0.1) is 6.92 Å². The van der Waals surface area contributed by atoms with Gasteiger partial charge in [0, 0.05) is 19.0 Å². The third-order valence-corrected chi connectivity index (χ3v) is 4.82. The van der Waals surface area contributed by atoms with E-state index >= 15 is 0 Å². The molecule has 1 saturated heterocycles. The molecule has 1 fully saturated rings. The monoisotopic (exact) mass is 350 g/mol. The van der Waals surface area contributed by atoms with Crippen LogP contribution >= 0.6 is 11.3 Å². The maximum absolute atomic E-state index is 12.5. The first-order valence-electron chi connectivity index (χ1n) is 7.61. The number of ether oxygens (including phenoxy) is 1. The highest BCUT2D eigenvalue weighted by Gasteiger charge is 2.24. The van der Waals surface area contributed by atoms with Gasteiger partial charge in [-0.2, -0.15) is 0 Å². The lowest BCUT2D eigenvalue weighted by molar-refractivity contribution is 0.0694. The topological polar surface area (TPSA) is 92.9 Å². The Hall–Kier alpha value is -2.19. The molecule has 24 heavy (non-hydrogen) atoms. The molecule has 1 unspecified atom stereocenters. The number of thiazole rings is 1. The minimum absolute atomic E-state index is 0.00676. The van der Waals surface area contributed by atoms with E-state index in [4.69, 9.17) is 14.3 Å². The summed E-state index contributed by atoms with van der Waals surface area (Å²) in [5.74, 6) is -0.526. The van der Waals surface area contributed by atoms with Gasteiger partial charge < -0.3 is 19.2 Å². The second-order valence-corrected chi connectivity index (χ2v) is 6.61. The summed E-state index contributed by atoms with van der Waals surface area (Å²) in [5.41, 5.74) is 0.481. The number of aromatic carboxylic acids is 1. The molecule has 7 nitrogen and oxygen atoms in total. The number of rotatable bonds is 5. The number of aryl methyl sites for hydroxylation is 1. The van der Waals surface area contributed by atoms with E-state index in [1.54, 1.807) is 19.4 Å². The first-order valence-corrected chi connectivity index (χ1v) is 8.48. The van der Waals surface area contributed by atoms with Crippen LogP contribution in [0.1, 0.15) is 56.3 Å². The summed E-state index contributed by atoms with van der Waals surface area (Å²) in [7, 11) is 1.63. The fourth-order valence-corrected chi connectivity index (χ4v) is 3.52. The number of carboxylic acid groups (broad SMARTS) is 1. The Kier molecular flexibility index (Phi) is 4.68. The lowest BCUT2D eigenvalue weighted by atomic mass is 10.2. The van der Waals surface area contributed by atoms with Crippen LogP contribution in [-0.2, 0) is 11.3 Å². The van der Waals surface area contributed by atoms with Gasteiger partial charge in [0.25, 0.3) is 5.91 Å². The van der Waals surface area contributed by atoms with Crippen molar-refractivity contribution in [3.63, 3.8) is 0 Å². The Morgan fingerprint density at radius 1 is 1.50 bits per heavy atom. The van der Waals surface area contributed by atoms with Crippen LogP contribution in [0.4, 0.5) is 0 Å². The molecular weight excluding hydrogens is 332 g/mol. The number of nitrogens with zero attached hydrogens (tertiary/aromatic N) is 2. The number of furan rings is 1. The van der Waals surface area contributed by atoms with Gasteiger partial charge in [0.2, 0.25) is 0 Å². The highest BCUT2D eigenvalue weighted by atomic mass is 32.1. The fourth-order valence-electron chi connectivity index (χ4n) is 2.64. The highest BCUT2D eigenvalue weighted by molar-refractivity contribution is 7.09. The quantitative estimate of drug-likeness (QED) is 0.891. The van der Waals surface area contributed by atoms with Crippen LogP contribution in [-0.4, -0.2) is 40.5 Å². The van der Waals surface area contributed by atoms with Crippen molar-refractivity contribution in [2.24, 2.45) is 0 Å². The molecule has 0 saturated carbocycles. The van der Waals surface area contributed by atoms with E-state index in [1.807, 2.05) is 0 Å². The van der Waals surface area contributed by atoms with Gasteiger partial charge in [-0.25, -0.2) is 9.78 Å². The van der Waals surface area contributed by atoms with Crippen LogP contribution in [0.5, 0.6) is 0 Å². The molecule has 128 valence electrons. The summed E-state index contributed by atoms with van der Waals surface area (Å²) >= 11 is 1.42. The predicted molar refractivity (Wildman–Crippen MR) is 86.2 cm³/mol. The zero-order valence-electron chi connectivity index (χ0n) is 13.4. The molecule has 0 aliphatic carbocycles. The average Bonchev–Trinajstić information content (AvgIpc) is 3.26. The smallest absolute Gasteiger partial charge is 0.339 e. The third-order valence-electron chi connectivity index (χ3n) is 3.89. The fraction of sp³-hybridized carbons (Fsp3) is 0.438. The molecule has 0 spiro atoms. The van der Waals surface area contributed by atoms with Crippen LogP contribution in [0.15, 0.2) is 15.9 Å². The lowest BCUT2D eigenvalue weighted by Gasteiger charge is -2.14. The van der Waals surface area contributed by atoms with Gasteiger partial charge >= 0.3 is 5.97 Å². The van der Waals surface area contributed by atoms with Crippen molar-refractivity contribution < 1.29 is 23.8 Å². The molecule has 1 N–H and O–H groups in total. The van der Waals surface area contributed by atoms with Crippen LogP contribution in [0.25, 0.3) is 0 Å². The summed E-state index contributed by atoms with van der Waals surface area (Å²) in [5, 5.41) is 11.6. The number of amides is 1. The predicted octanol–water partition coefficient (Wildman–Crippen LogP) is 2.87. The van der Waals surface area contributed by atoms with Crippen molar-refractivity contribution in [2.45, 2.75) is 32.4 Å². The van der Waals surface area contributed by atoms with Gasteiger partial charge in [0.05, 0.1) is 6.54 Å². The molecule has 1 aliphatic rings. The van der Waals surface area contributed by atoms with Crippen molar-refractivity contribution in [2.75, 3.05) is 13.7 Å². The van der Waals surface area contributed by atoms with Gasteiger partial charge in [-0.05, 0) is 25.8 Å². The molecule has 1 aliphatic heterocycles.